The molecule has 4 nitrogen and oxygen atoms in total. The Morgan fingerprint density at radius 1 is 0.704 bits per heavy atom. The molecule has 0 N–H and O–H groups in total. The van der Waals surface area contributed by atoms with Crippen molar-refractivity contribution in [2.24, 2.45) is 0 Å². The topological polar surface area (TPSA) is 36.9 Å². The summed E-state index contributed by atoms with van der Waals surface area (Å²) in [5.41, 5.74) is 0.481. The van der Waals surface area contributed by atoms with Crippen LogP contribution in [0.25, 0.3) is 0 Å². The van der Waals surface area contributed by atoms with Crippen molar-refractivity contribution in [3.8, 4) is 0 Å². The normalized spacial score (nSPS) is 15.6. The van der Waals surface area contributed by atoms with Crippen LogP contribution in [0.2, 0.25) is 71.5 Å². The quantitative estimate of drug-likeness (QED) is 0.263. The standard InChI is InChI=1S/C17H48O4Si6/c1-12-15-27(26(10)11)16(18-22(2)3)13-14-17(19-23(4)5,20-24(6)7)21-25(8)9/h16,22-27H,12-15H2,1-11H3. The Morgan fingerprint density at radius 3 is 1.44 bits per heavy atom. The second-order valence-electron chi connectivity index (χ2n) is 9.14. The van der Waals surface area contributed by atoms with Gasteiger partial charge in [-0.05, 0) is 58.8 Å². The van der Waals surface area contributed by atoms with Crippen LogP contribution in [0.15, 0.2) is 0 Å². The van der Waals surface area contributed by atoms with Gasteiger partial charge in [-0.15, -0.1) is 0 Å². The molecule has 0 heterocycles. The first-order valence-corrected chi connectivity index (χ1v) is 28.7. The van der Waals surface area contributed by atoms with Crippen molar-refractivity contribution < 1.29 is 17.7 Å². The number of rotatable bonds is 15. The monoisotopic (exact) mass is 484 g/mol. The number of hydrogen-bond donors (Lipinski definition) is 0. The molecule has 0 aliphatic rings. The van der Waals surface area contributed by atoms with E-state index in [-0.39, 0.29) is 0 Å². The lowest BCUT2D eigenvalue weighted by molar-refractivity contribution is -0.267. The fraction of sp³-hybridized carbons (Fsp3) is 1.00. The zero-order valence-corrected chi connectivity index (χ0v) is 26.9. The van der Waals surface area contributed by atoms with Gasteiger partial charge in [-0.1, -0.05) is 32.5 Å². The van der Waals surface area contributed by atoms with Crippen LogP contribution >= 0.6 is 0 Å². The van der Waals surface area contributed by atoms with Gasteiger partial charge in [-0.2, -0.15) is 0 Å². The first-order valence-electron chi connectivity index (χ1n) is 11.1. The van der Waals surface area contributed by atoms with Crippen LogP contribution < -0.4 is 0 Å². The highest BCUT2D eigenvalue weighted by Crippen LogP contribution is 2.28. The van der Waals surface area contributed by atoms with E-state index in [4.69, 9.17) is 17.7 Å². The van der Waals surface area contributed by atoms with Gasteiger partial charge in [0.05, 0.1) is 8.31 Å². The molecule has 0 aromatic carbocycles. The summed E-state index contributed by atoms with van der Waals surface area (Å²) >= 11 is 0. The third-order valence-electron chi connectivity index (χ3n) is 4.38. The Kier molecular flexibility index (Phi) is 14.8. The lowest BCUT2D eigenvalue weighted by Gasteiger charge is -2.40. The van der Waals surface area contributed by atoms with Crippen molar-refractivity contribution in [2.75, 3.05) is 0 Å². The molecule has 0 amide bonds. The van der Waals surface area contributed by atoms with E-state index in [1.54, 1.807) is 0 Å². The zero-order chi connectivity index (χ0) is 21.2. The van der Waals surface area contributed by atoms with Gasteiger partial charge in [0.2, 0.25) is 0 Å². The van der Waals surface area contributed by atoms with E-state index in [0.717, 1.165) is 12.8 Å². The molecule has 0 bridgehead atoms. The molecule has 0 saturated carbocycles. The van der Waals surface area contributed by atoms with Crippen LogP contribution in [0.4, 0.5) is 0 Å². The first kappa shape index (κ1) is 28.1. The van der Waals surface area contributed by atoms with Crippen molar-refractivity contribution >= 4 is 52.8 Å². The van der Waals surface area contributed by atoms with Gasteiger partial charge in [-0.3, -0.25) is 0 Å². The molecule has 2 unspecified atom stereocenters. The largest absolute Gasteiger partial charge is 0.421 e. The van der Waals surface area contributed by atoms with Crippen LogP contribution in [0, 0.1) is 0 Å². The molecule has 2 atom stereocenters. The minimum absolute atomic E-state index is 0.481. The first-order chi connectivity index (χ1) is 12.4. The fourth-order valence-corrected chi connectivity index (χ4v) is 19.6. The van der Waals surface area contributed by atoms with E-state index in [0.29, 0.717) is 5.73 Å². The molecule has 0 saturated heterocycles. The molecule has 0 aliphatic heterocycles. The SMILES string of the molecule is CCC[SiH](C(CCC(O[SiH](C)C)(O[SiH](C)C)O[SiH](C)C)O[SiH](C)C)[SiH](C)C. The maximum atomic E-state index is 6.64. The molecule has 0 rings (SSSR count). The highest BCUT2D eigenvalue weighted by molar-refractivity contribution is 7.22. The van der Waals surface area contributed by atoms with E-state index in [1.807, 2.05) is 0 Å². The maximum absolute atomic E-state index is 6.64. The van der Waals surface area contributed by atoms with Gasteiger partial charge in [0.25, 0.3) is 5.97 Å². The smallest absolute Gasteiger partial charge is 0.253 e. The summed E-state index contributed by atoms with van der Waals surface area (Å²) in [4.78, 5) is 0. The van der Waals surface area contributed by atoms with E-state index < -0.39 is 58.8 Å². The van der Waals surface area contributed by atoms with Crippen molar-refractivity contribution in [1.29, 1.82) is 0 Å². The molecular weight excluding hydrogens is 437 g/mol. The second-order valence-corrected chi connectivity index (χ2v) is 30.2. The van der Waals surface area contributed by atoms with Crippen LogP contribution in [-0.2, 0) is 17.7 Å². The minimum atomic E-state index is -1.28. The average Bonchev–Trinajstić information content (AvgIpc) is 2.46. The highest BCUT2D eigenvalue weighted by atomic mass is 29.2. The Hall–Kier alpha value is 1.14. The van der Waals surface area contributed by atoms with Crippen molar-refractivity contribution in [3.05, 3.63) is 0 Å². The Bertz CT molecular complexity index is 356. The van der Waals surface area contributed by atoms with Gasteiger partial charge >= 0.3 is 0 Å². The molecule has 10 heteroatoms. The molecule has 0 fully saturated rings. The van der Waals surface area contributed by atoms with E-state index >= 15 is 0 Å². The molecule has 0 aromatic heterocycles. The molecular formula is C17H48O4Si6. The zero-order valence-electron chi connectivity index (χ0n) is 20.0. The van der Waals surface area contributed by atoms with Crippen molar-refractivity contribution in [1.82, 2.24) is 0 Å². The van der Waals surface area contributed by atoms with Crippen molar-refractivity contribution in [3.63, 3.8) is 0 Å². The lowest BCUT2D eigenvalue weighted by Crippen LogP contribution is -2.50. The summed E-state index contributed by atoms with van der Waals surface area (Å²) in [6.07, 6.45) is 3.19. The molecule has 0 aromatic rings. The van der Waals surface area contributed by atoms with E-state index in [1.165, 1.54) is 12.5 Å². The summed E-state index contributed by atoms with van der Waals surface area (Å²) < 4.78 is 26.0. The molecule has 0 radical (unpaired) electrons. The van der Waals surface area contributed by atoms with Crippen LogP contribution in [0.1, 0.15) is 26.2 Å². The third kappa shape index (κ3) is 12.4. The van der Waals surface area contributed by atoms with Gasteiger partial charge in [0.1, 0.15) is 0 Å². The summed E-state index contributed by atoms with van der Waals surface area (Å²) in [6.45, 7) is 25.3. The van der Waals surface area contributed by atoms with Gasteiger partial charge in [-0.25, -0.2) is 0 Å². The van der Waals surface area contributed by atoms with Crippen LogP contribution in [0.5, 0.6) is 0 Å². The molecule has 0 spiro atoms. The Balaban J connectivity index is 5.52. The predicted octanol–water partition coefficient (Wildman–Crippen LogP) is 3.53. The average molecular weight is 485 g/mol. The maximum Gasteiger partial charge on any atom is 0.253 e. The Labute approximate surface area is 179 Å². The van der Waals surface area contributed by atoms with E-state index in [9.17, 15) is 0 Å². The number of hydrogen-bond acceptors (Lipinski definition) is 4. The predicted molar refractivity (Wildman–Crippen MR) is 137 cm³/mol. The summed E-state index contributed by atoms with van der Waals surface area (Å²) in [6, 6.07) is 1.42. The van der Waals surface area contributed by atoms with Gasteiger partial charge in [0.15, 0.2) is 36.2 Å². The minimum Gasteiger partial charge on any atom is -0.421 e. The highest BCUT2D eigenvalue weighted by Gasteiger charge is 2.38. The third-order valence-corrected chi connectivity index (χ3v) is 19.9. The van der Waals surface area contributed by atoms with Gasteiger partial charge in [0, 0.05) is 20.5 Å². The van der Waals surface area contributed by atoms with Crippen molar-refractivity contribution in [2.45, 2.75) is 109 Å². The Morgan fingerprint density at radius 2 is 1.15 bits per heavy atom. The molecule has 0 aliphatic carbocycles. The molecule has 164 valence electrons. The molecule has 27 heavy (non-hydrogen) atoms. The fourth-order valence-electron chi connectivity index (χ4n) is 3.67. The van der Waals surface area contributed by atoms with Crippen LogP contribution in [0.3, 0.4) is 0 Å². The second kappa shape index (κ2) is 14.2. The summed E-state index contributed by atoms with van der Waals surface area (Å²) in [7, 11) is -6.41. The van der Waals surface area contributed by atoms with Gasteiger partial charge < -0.3 is 17.7 Å². The summed E-state index contributed by atoms with van der Waals surface area (Å²) in [5.74, 6) is -0.787. The summed E-state index contributed by atoms with van der Waals surface area (Å²) in [5, 5.41) is 0. The van der Waals surface area contributed by atoms with Crippen LogP contribution in [-0.4, -0.2) is 64.5 Å². The van der Waals surface area contributed by atoms with E-state index in [2.05, 4.69) is 72.4 Å². The lowest BCUT2D eigenvalue weighted by atomic mass is 10.3.